The number of nitrogens with zero attached hydrogens (tertiary/aromatic N) is 2. The zero-order valence-electron chi connectivity index (χ0n) is 18.7. The van der Waals surface area contributed by atoms with E-state index in [1.165, 1.54) is 6.92 Å². The van der Waals surface area contributed by atoms with E-state index in [0.29, 0.717) is 17.9 Å². The summed E-state index contributed by atoms with van der Waals surface area (Å²) >= 11 is 0. The Morgan fingerprint density at radius 1 is 1.09 bits per heavy atom. The van der Waals surface area contributed by atoms with Crippen LogP contribution in [-0.4, -0.2) is 51.4 Å². The lowest BCUT2D eigenvalue weighted by molar-refractivity contribution is -0.117. The third kappa shape index (κ3) is 4.78. The largest absolute Gasteiger partial charge is 0.446 e. The number of carbonyl (C=O) groups excluding carboxylic acids is 2. The molecule has 0 radical (unpaired) electrons. The van der Waals surface area contributed by atoms with E-state index in [9.17, 15) is 18.0 Å². The second-order valence-electron chi connectivity index (χ2n) is 8.12. The molecule has 2 aromatic carbocycles. The lowest BCUT2D eigenvalue weighted by Gasteiger charge is -2.40. The Morgan fingerprint density at radius 3 is 2.28 bits per heavy atom. The predicted octanol–water partition coefficient (Wildman–Crippen LogP) is 3.19. The van der Waals surface area contributed by atoms with E-state index in [2.05, 4.69) is 0 Å². The van der Waals surface area contributed by atoms with E-state index in [1.54, 1.807) is 54.0 Å². The van der Waals surface area contributed by atoms with Crippen molar-refractivity contribution in [3.05, 3.63) is 42.5 Å². The third-order valence-corrected chi connectivity index (χ3v) is 7.01. The zero-order valence-corrected chi connectivity index (χ0v) is 19.6. The van der Waals surface area contributed by atoms with Gasteiger partial charge in [-0.15, -0.1) is 0 Å². The van der Waals surface area contributed by atoms with Gasteiger partial charge < -0.3 is 15.4 Å². The lowest BCUT2D eigenvalue weighted by Crippen LogP contribution is -2.51. The highest BCUT2D eigenvalue weighted by atomic mass is 32.2. The van der Waals surface area contributed by atoms with Gasteiger partial charge in [-0.05, 0) is 56.2 Å². The first-order valence-corrected chi connectivity index (χ1v) is 12.2. The smallest absolute Gasteiger partial charge is 0.414 e. The summed E-state index contributed by atoms with van der Waals surface area (Å²) in [5.74, 6) is -0.227. The summed E-state index contributed by atoms with van der Waals surface area (Å²) in [6.45, 7) is 7.31. The van der Waals surface area contributed by atoms with Gasteiger partial charge in [-0.3, -0.25) is 9.69 Å². The summed E-state index contributed by atoms with van der Waals surface area (Å²) in [4.78, 5) is 28.5. The summed E-state index contributed by atoms with van der Waals surface area (Å²) in [7, 11) is -3.42. The quantitative estimate of drug-likeness (QED) is 0.735. The number of fused-ring (bicyclic) bond motifs is 1. The molecule has 0 unspecified atom stereocenters. The maximum atomic E-state index is 12.8. The Hall–Kier alpha value is -2.91. The average molecular weight is 460 g/mol. The fourth-order valence-corrected chi connectivity index (χ4v) is 4.95. The highest BCUT2D eigenvalue weighted by Gasteiger charge is 2.34. The van der Waals surface area contributed by atoms with Crippen molar-refractivity contribution in [1.82, 2.24) is 0 Å². The molecule has 0 saturated heterocycles. The normalized spacial score (nSPS) is 16.1. The predicted molar refractivity (Wildman–Crippen MR) is 125 cm³/mol. The number of sulfone groups is 1. The molecule has 172 valence electrons. The van der Waals surface area contributed by atoms with Crippen molar-refractivity contribution in [3.63, 3.8) is 0 Å². The number of ether oxygens (including phenoxy) is 1. The van der Waals surface area contributed by atoms with Crippen LogP contribution in [0.3, 0.4) is 0 Å². The first kappa shape index (κ1) is 23.7. The van der Waals surface area contributed by atoms with Crippen LogP contribution in [0, 0.1) is 0 Å². The monoisotopic (exact) mass is 459 g/mol. The molecule has 1 aliphatic rings. The van der Waals surface area contributed by atoms with Crippen molar-refractivity contribution in [2.45, 2.75) is 44.7 Å². The van der Waals surface area contributed by atoms with Crippen LogP contribution < -0.4 is 15.5 Å². The van der Waals surface area contributed by atoms with Gasteiger partial charge >= 0.3 is 6.09 Å². The number of carbonyl (C=O) groups is 2. The Kier molecular flexibility index (Phi) is 6.90. The molecule has 2 aromatic rings. The van der Waals surface area contributed by atoms with Crippen LogP contribution in [0.2, 0.25) is 0 Å². The molecular formula is C23H29N3O5S. The van der Waals surface area contributed by atoms with Gasteiger partial charge in [0.15, 0.2) is 9.84 Å². The minimum atomic E-state index is -3.42. The molecule has 2 amide bonds. The van der Waals surface area contributed by atoms with Gasteiger partial charge in [-0.25, -0.2) is 13.2 Å². The summed E-state index contributed by atoms with van der Waals surface area (Å²) in [5.41, 5.74) is 8.16. The Morgan fingerprint density at radius 2 is 1.72 bits per heavy atom. The molecule has 0 saturated carbocycles. The second kappa shape index (κ2) is 9.30. The van der Waals surface area contributed by atoms with Crippen molar-refractivity contribution in [2.75, 3.05) is 28.6 Å². The number of anilines is 2. The van der Waals surface area contributed by atoms with Crippen LogP contribution in [0.15, 0.2) is 47.4 Å². The van der Waals surface area contributed by atoms with Gasteiger partial charge in [0, 0.05) is 20.0 Å². The molecule has 1 heterocycles. The topological polar surface area (TPSA) is 110 Å². The SMILES string of the molecule is CC(=O)N1c2ccc(-c3ccc(S(=O)(=O)CCN)cc3)cc2N(C(=O)OC(C)C)C[C@@H]1C. The van der Waals surface area contributed by atoms with Gasteiger partial charge in [-0.1, -0.05) is 18.2 Å². The zero-order chi connectivity index (χ0) is 23.6. The van der Waals surface area contributed by atoms with E-state index < -0.39 is 15.9 Å². The molecular weight excluding hydrogens is 430 g/mol. The summed E-state index contributed by atoms with van der Waals surface area (Å²) in [6, 6.07) is 11.8. The molecule has 3 rings (SSSR count). The van der Waals surface area contributed by atoms with Gasteiger partial charge in [-0.2, -0.15) is 0 Å². The number of hydrogen-bond acceptors (Lipinski definition) is 6. The molecule has 0 aliphatic carbocycles. The minimum Gasteiger partial charge on any atom is -0.446 e. The molecule has 0 aromatic heterocycles. The van der Waals surface area contributed by atoms with Crippen LogP contribution in [0.5, 0.6) is 0 Å². The highest BCUT2D eigenvalue weighted by molar-refractivity contribution is 7.91. The molecule has 1 atom stereocenters. The van der Waals surface area contributed by atoms with E-state index in [-0.39, 0.29) is 35.2 Å². The molecule has 1 aliphatic heterocycles. The van der Waals surface area contributed by atoms with E-state index >= 15 is 0 Å². The van der Waals surface area contributed by atoms with Crippen molar-refractivity contribution in [3.8, 4) is 11.1 Å². The summed E-state index contributed by atoms with van der Waals surface area (Å²) < 4.78 is 29.9. The molecule has 0 bridgehead atoms. The maximum Gasteiger partial charge on any atom is 0.414 e. The molecule has 2 N–H and O–H groups in total. The maximum absolute atomic E-state index is 12.8. The Balaban J connectivity index is 2.04. The van der Waals surface area contributed by atoms with Gasteiger partial charge in [0.2, 0.25) is 5.91 Å². The van der Waals surface area contributed by atoms with Crippen molar-refractivity contribution < 1.29 is 22.7 Å². The summed E-state index contributed by atoms with van der Waals surface area (Å²) in [5, 5.41) is 0. The summed E-state index contributed by atoms with van der Waals surface area (Å²) in [6.07, 6.45) is -0.755. The molecule has 0 spiro atoms. The first-order chi connectivity index (χ1) is 15.0. The van der Waals surface area contributed by atoms with Crippen LogP contribution in [-0.2, 0) is 19.4 Å². The number of benzene rings is 2. The molecule has 32 heavy (non-hydrogen) atoms. The van der Waals surface area contributed by atoms with Crippen LogP contribution in [0.1, 0.15) is 27.7 Å². The molecule has 9 heteroatoms. The molecule has 0 fully saturated rings. The highest BCUT2D eigenvalue weighted by Crippen LogP contribution is 2.39. The number of rotatable bonds is 5. The van der Waals surface area contributed by atoms with E-state index in [4.69, 9.17) is 10.5 Å². The number of amides is 2. The Bertz CT molecular complexity index is 1110. The van der Waals surface area contributed by atoms with E-state index in [0.717, 1.165) is 11.1 Å². The lowest BCUT2D eigenvalue weighted by atomic mass is 10.0. The van der Waals surface area contributed by atoms with E-state index in [1.807, 2.05) is 19.1 Å². The van der Waals surface area contributed by atoms with Crippen LogP contribution in [0.25, 0.3) is 11.1 Å². The van der Waals surface area contributed by atoms with Crippen molar-refractivity contribution >= 4 is 33.2 Å². The third-order valence-electron chi connectivity index (χ3n) is 5.24. The first-order valence-electron chi connectivity index (χ1n) is 10.5. The van der Waals surface area contributed by atoms with Crippen LogP contribution in [0.4, 0.5) is 16.2 Å². The van der Waals surface area contributed by atoms with Crippen molar-refractivity contribution in [1.29, 1.82) is 0 Å². The van der Waals surface area contributed by atoms with Gasteiger partial charge in [0.05, 0.1) is 34.2 Å². The fourth-order valence-electron chi connectivity index (χ4n) is 3.85. The minimum absolute atomic E-state index is 0.0578. The second-order valence-corrected chi connectivity index (χ2v) is 10.2. The van der Waals surface area contributed by atoms with Crippen LogP contribution >= 0.6 is 0 Å². The standard InChI is InChI=1S/C23H29N3O5S/c1-15(2)31-23(28)25-14-16(3)26(17(4)27)21-10-7-19(13-22(21)25)18-5-8-20(9-6-18)32(29,30)12-11-24/h5-10,13,15-16H,11-12,14,24H2,1-4H3/t16-/m0/s1. The average Bonchev–Trinajstić information content (AvgIpc) is 2.72. The Labute approximate surface area is 188 Å². The number of hydrogen-bond donors (Lipinski definition) is 1. The van der Waals surface area contributed by atoms with Crippen molar-refractivity contribution in [2.24, 2.45) is 5.73 Å². The van der Waals surface area contributed by atoms with Gasteiger partial charge in [0.1, 0.15) is 0 Å². The number of nitrogens with two attached hydrogens (primary N) is 1. The fraction of sp³-hybridized carbons (Fsp3) is 0.391. The molecule has 8 nitrogen and oxygen atoms in total. The van der Waals surface area contributed by atoms with Gasteiger partial charge in [0.25, 0.3) is 0 Å².